The smallest absolute Gasteiger partial charge is 0.278 e. The number of piperidine rings is 1. The Morgan fingerprint density at radius 3 is 2.18 bits per heavy atom. The second kappa shape index (κ2) is 9.69. The van der Waals surface area contributed by atoms with Crippen molar-refractivity contribution >= 4 is 28.8 Å². The summed E-state index contributed by atoms with van der Waals surface area (Å²) < 4.78 is 5.71. The highest BCUT2D eigenvalue weighted by atomic mass is 16.5. The van der Waals surface area contributed by atoms with Gasteiger partial charge >= 0.3 is 0 Å². The van der Waals surface area contributed by atoms with Crippen molar-refractivity contribution in [3.63, 3.8) is 0 Å². The number of carbonyl (C=O) groups excluding carboxylic acids is 2. The molecule has 2 aliphatic rings. The van der Waals surface area contributed by atoms with Crippen LogP contribution in [0, 0.1) is 5.92 Å². The van der Waals surface area contributed by atoms with E-state index < -0.39 is 0 Å². The van der Waals surface area contributed by atoms with Gasteiger partial charge in [-0.1, -0.05) is 19.1 Å². The molecule has 174 valence electrons. The van der Waals surface area contributed by atoms with Crippen molar-refractivity contribution in [2.45, 2.75) is 46.6 Å². The number of ether oxygens (including phenoxy) is 1. The van der Waals surface area contributed by atoms with Gasteiger partial charge in [-0.15, -0.1) is 0 Å². The van der Waals surface area contributed by atoms with Crippen LogP contribution in [-0.4, -0.2) is 42.5 Å². The largest absolute Gasteiger partial charge is 0.491 e. The van der Waals surface area contributed by atoms with Gasteiger partial charge in [-0.05, 0) is 81.5 Å². The standard InChI is InChI=1S/C27H33N3O3/c1-5-30-26(31)24(20-6-12-23(13-7-20)33-18(2)3)25(27(30)32)28-21-8-10-22(11-9-21)29-16-14-19(4)15-17-29/h6-13,18-19,28H,5,14-17H2,1-4H3. The zero-order valence-electron chi connectivity index (χ0n) is 19.9. The summed E-state index contributed by atoms with van der Waals surface area (Å²) >= 11 is 0. The Labute approximate surface area is 196 Å². The van der Waals surface area contributed by atoms with E-state index in [2.05, 4.69) is 29.3 Å². The molecular weight excluding hydrogens is 414 g/mol. The van der Waals surface area contributed by atoms with Crippen molar-refractivity contribution in [2.24, 2.45) is 5.92 Å². The summed E-state index contributed by atoms with van der Waals surface area (Å²) in [5.41, 5.74) is 3.38. The van der Waals surface area contributed by atoms with Crippen LogP contribution in [0.25, 0.3) is 5.57 Å². The molecule has 33 heavy (non-hydrogen) atoms. The fraction of sp³-hybridized carbons (Fsp3) is 0.407. The Hall–Kier alpha value is -3.28. The van der Waals surface area contributed by atoms with Gasteiger partial charge in [0, 0.05) is 31.0 Å². The predicted molar refractivity (Wildman–Crippen MR) is 132 cm³/mol. The van der Waals surface area contributed by atoms with Gasteiger partial charge in [0.25, 0.3) is 11.8 Å². The number of benzene rings is 2. The van der Waals surface area contributed by atoms with Crippen LogP contribution < -0.4 is 15.0 Å². The number of nitrogens with zero attached hydrogens (tertiary/aromatic N) is 2. The first-order valence-electron chi connectivity index (χ1n) is 11.9. The average Bonchev–Trinajstić information content (AvgIpc) is 3.04. The predicted octanol–water partition coefficient (Wildman–Crippen LogP) is 4.92. The second-order valence-corrected chi connectivity index (χ2v) is 9.14. The zero-order chi connectivity index (χ0) is 23.5. The lowest BCUT2D eigenvalue weighted by Crippen LogP contribution is -2.32. The molecule has 2 amide bonds. The first-order chi connectivity index (χ1) is 15.9. The highest BCUT2D eigenvalue weighted by molar-refractivity contribution is 6.36. The minimum atomic E-state index is -0.297. The Bertz CT molecular complexity index is 1030. The third-order valence-corrected chi connectivity index (χ3v) is 6.28. The molecule has 0 spiro atoms. The summed E-state index contributed by atoms with van der Waals surface area (Å²) in [6, 6.07) is 15.4. The number of imide groups is 1. The fourth-order valence-corrected chi connectivity index (χ4v) is 4.39. The minimum absolute atomic E-state index is 0.0638. The molecule has 0 radical (unpaired) electrons. The number of hydrogen-bond donors (Lipinski definition) is 1. The molecule has 2 aliphatic heterocycles. The third-order valence-electron chi connectivity index (χ3n) is 6.28. The Balaban J connectivity index is 1.59. The molecule has 4 rings (SSSR count). The molecule has 2 aromatic rings. The van der Waals surface area contributed by atoms with Crippen LogP contribution in [-0.2, 0) is 9.59 Å². The van der Waals surface area contributed by atoms with E-state index in [0.29, 0.717) is 23.4 Å². The Kier molecular flexibility index (Phi) is 6.72. The summed E-state index contributed by atoms with van der Waals surface area (Å²) in [6.45, 7) is 10.5. The third kappa shape index (κ3) is 4.90. The van der Waals surface area contributed by atoms with E-state index in [0.717, 1.165) is 30.4 Å². The number of hydrogen-bond acceptors (Lipinski definition) is 5. The lowest BCUT2D eigenvalue weighted by Gasteiger charge is -2.32. The molecule has 0 unspecified atom stereocenters. The number of anilines is 2. The van der Waals surface area contributed by atoms with Crippen molar-refractivity contribution in [3.8, 4) is 5.75 Å². The zero-order valence-corrected chi connectivity index (χ0v) is 19.9. The van der Waals surface area contributed by atoms with E-state index in [1.807, 2.05) is 57.2 Å². The van der Waals surface area contributed by atoms with Crippen molar-refractivity contribution in [1.29, 1.82) is 0 Å². The van der Waals surface area contributed by atoms with Crippen LogP contribution in [0.5, 0.6) is 5.75 Å². The molecule has 0 atom stereocenters. The van der Waals surface area contributed by atoms with Crippen molar-refractivity contribution < 1.29 is 14.3 Å². The van der Waals surface area contributed by atoms with E-state index in [9.17, 15) is 9.59 Å². The quantitative estimate of drug-likeness (QED) is 0.611. The molecule has 0 bridgehead atoms. The summed E-state index contributed by atoms with van der Waals surface area (Å²) in [5.74, 6) is 0.942. The molecule has 1 N–H and O–H groups in total. The summed E-state index contributed by atoms with van der Waals surface area (Å²) in [5, 5.41) is 3.24. The van der Waals surface area contributed by atoms with Crippen LogP contribution in [0.4, 0.5) is 11.4 Å². The first kappa shape index (κ1) is 22.9. The van der Waals surface area contributed by atoms with Gasteiger partial charge in [0.2, 0.25) is 0 Å². The Morgan fingerprint density at radius 2 is 1.61 bits per heavy atom. The number of amides is 2. The molecule has 6 heteroatoms. The number of nitrogens with one attached hydrogen (secondary N) is 1. The van der Waals surface area contributed by atoms with E-state index >= 15 is 0 Å². The maximum Gasteiger partial charge on any atom is 0.278 e. The highest BCUT2D eigenvalue weighted by Gasteiger charge is 2.38. The summed E-state index contributed by atoms with van der Waals surface area (Å²) in [7, 11) is 0. The second-order valence-electron chi connectivity index (χ2n) is 9.14. The molecule has 0 saturated carbocycles. The monoisotopic (exact) mass is 447 g/mol. The highest BCUT2D eigenvalue weighted by Crippen LogP contribution is 2.32. The maximum atomic E-state index is 13.1. The van der Waals surface area contributed by atoms with Gasteiger partial charge in [0.1, 0.15) is 11.4 Å². The number of rotatable bonds is 7. The van der Waals surface area contributed by atoms with Crippen LogP contribution in [0.1, 0.15) is 46.1 Å². The van der Waals surface area contributed by atoms with E-state index in [-0.39, 0.29) is 17.9 Å². The topological polar surface area (TPSA) is 61.9 Å². The molecule has 6 nitrogen and oxygen atoms in total. The van der Waals surface area contributed by atoms with E-state index in [1.165, 1.54) is 23.4 Å². The van der Waals surface area contributed by atoms with Crippen molar-refractivity contribution in [1.82, 2.24) is 4.90 Å². The van der Waals surface area contributed by atoms with Crippen LogP contribution in [0.2, 0.25) is 0 Å². The fourth-order valence-electron chi connectivity index (χ4n) is 4.39. The molecule has 0 aromatic heterocycles. The number of carbonyl (C=O) groups is 2. The van der Waals surface area contributed by atoms with E-state index in [4.69, 9.17) is 4.74 Å². The lowest BCUT2D eigenvalue weighted by atomic mass is 9.99. The first-order valence-corrected chi connectivity index (χ1v) is 11.9. The van der Waals surface area contributed by atoms with Gasteiger partial charge in [-0.3, -0.25) is 14.5 Å². The molecule has 1 fully saturated rings. The molecule has 2 heterocycles. The number of likely N-dealkylation sites (N-methyl/N-ethyl adjacent to an activating group) is 1. The van der Waals surface area contributed by atoms with Crippen molar-refractivity contribution in [3.05, 3.63) is 59.8 Å². The minimum Gasteiger partial charge on any atom is -0.491 e. The normalized spacial score (nSPS) is 17.4. The van der Waals surface area contributed by atoms with Crippen LogP contribution in [0.3, 0.4) is 0 Å². The maximum absolute atomic E-state index is 13.1. The van der Waals surface area contributed by atoms with Crippen LogP contribution in [0.15, 0.2) is 54.2 Å². The van der Waals surface area contributed by atoms with Gasteiger partial charge in [-0.2, -0.15) is 0 Å². The van der Waals surface area contributed by atoms with E-state index in [1.54, 1.807) is 0 Å². The van der Waals surface area contributed by atoms with Crippen LogP contribution >= 0.6 is 0 Å². The summed E-state index contributed by atoms with van der Waals surface area (Å²) in [6.07, 6.45) is 2.48. The van der Waals surface area contributed by atoms with Gasteiger partial charge in [-0.25, -0.2) is 0 Å². The van der Waals surface area contributed by atoms with Crippen molar-refractivity contribution in [2.75, 3.05) is 29.9 Å². The van der Waals surface area contributed by atoms with Gasteiger partial charge in [0.15, 0.2) is 0 Å². The molecule has 1 saturated heterocycles. The van der Waals surface area contributed by atoms with Gasteiger partial charge < -0.3 is 15.0 Å². The molecule has 0 aliphatic carbocycles. The summed E-state index contributed by atoms with van der Waals surface area (Å²) in [4.78, 5) is 29.8. The molecule has 2 aromatic carbocycles. The lowest BCUT2D eigenvalue weighted by molar-refractivity contribution is -0.136. The van der Waals surface area contributed by atoms with Gasteiger partial charge in [0.05, 0.1) is 11.7 Å². The average molecular weight is 448 g/mol. The molecular formula is C27H33N3O3. The Morgan fingerprint density at radius 1 is 0.970 bits per heavy atom. The SMILES string of the molecule is CCN1C(=O)C(Nc2ccc(N3CCC(C)CC3)cc2)=C(c2ccc(OC(C)C)cc2)C1=O.